The van der Waals surface area contributed by atoms with Gasteiger partial charge in [0, 0.05) is 6.54 Å². The van der Waals surface area contributed by atoms with Crippen LogP contribution < -0.4 is 20.3 Å². The first kappa shape index (κ1) is 16.2. The van der Waals surface area contributed by atoms with Gasteiger partial charge in [0.05, 0.1) is 25.6 Å². The van der Waals surface area contributed by atoms with E-state index < -0.39 is 5.56 Å². The van der Waals surface area contributed by atoms with Gasteiger partial charge in [-0.05, 0) is 24.1 Å². The Hall–Kier alpha value is -2.21. The molecule has 0 saturated heterocycles. The smallest absolute Gasteiger partial charge is 0.285 e. The summed E-state index contributed by atoms with van der Waals surface area (Å²) >= 11 is 5.92. The second-order valence-electron chi connectivity index (χ2n) is 4.61. The van der Waals surface area contributed by atoms with Crippen molar-refractivity contribution in [1.29, 1.82) is 0 Å². The Morgan fingerprint density at radius 3 is 2.91 bits per heavy atom. The van der Waals surface area contributed by atoms with Crippen LogP contribution in [-0.2, 0) is 6.54 Å². The maximum atomic E-state index is 11.4. The molecule has 0 fully saturated rings. The molecule has 1 aromatic carbocycles. The Kier molecular flexibility index (Phi) is 5.66. The number of hydrogen-bond donors (Lipinski definition) is 2. The summed E-state index contributed by atoms with van der Waals surface area (Å²) in [6, 6.07) is 5.66. The fourth-order valence-electron chi connectivity index (χ4n) is 1.86. The first-order valence-electron chi connectivity index (χ1n) is 6.92. The normalized spacial score (nSPS) is 10.3. The van der Waals surface area contributed by atoms with Gasteiger partial charge in [-0.25, -0.2) is 5.10 Å². The standard InChI is InChI=1S/C15H18ClN3O3/c1-3-6-22-13-7-10(4-5-12(13)21-2)8-17-11-9-18-19-15(20)14(11)16/h4-5,7,9H,3,6,8H2,1-2H3,(H2,17,19,20). The molecule has 0 aliphatic rings. The summed E-state index contributed by atoms with van der Waals surface area (Å²) in [4.78, 5) is 11.4. The predicted molar refractivity (Wildman–Crippen MR) is 86.0 cm³/mol. The molecule has 22 heavy (non-hydrogen) atoms. The van der Waals surface area contributed by atoms with Gasteiger partial charge < -0.3 is 14.8 Å². The largest absolute Gasteiger partial charge is 0.493 e. The molecule has 0 aliphatic heterocycles. The summed E-state index contributed by atoms with van der Waals surface area (Å²) in [5.74, 6) is 1.38. The summed E-state index contributed by atoms with van der Waals surface area (Å²) in [5.41, 5.74) is 1.04. The van der Waals surface area contributed by atoms with Crippen LogP contribution in [0.4, 0.5) is 5.69 Å². The second-order valence-corrected chi connectivity index (χ2v) is 4.99. The molecule has 2 aromatic rings. The average molecular weight is 324 g/mol. The van der Waals surface area contributed by atoms with Crippen molar-refractivity contribution in [2.75, 3.05) is 19.0 Å². The van der Waals surface area contributed by atoms with Gasteiger partial charge in [-0.3, -0.25) is 4.79 Å². The highest BCUT2D eigenvalue weighted by Crippen LogP contribution is 2.28. The number of halogens is 1. The summed E-state index contributed by atoms with van der Waals surface area (Å²) < 4.78 is 10.9. The fraction of sp³-hybridized carbons (Fsp3) is 0.333. The van der Waals surface area contributed by atoms with Crippen molar-refractivity contribution in [3.63, 3.8) is 0 Å². The van der Waals surface area contributed by atoms with Crippen LogP contribution in [0.5, 0.6) is 11.5 Å². The highest BCUT2D eigenvalue weighted by Gasteiger charge is 2.08. The van der Waals surface area contributed by atoms with Gasteiger partial charge in [-0.1, -0.05) is 24.6 Å². The van der Waals surface area contributed by atoms with Crippen molar-refractivity contribution in [3.05, 3.63) is 45.3 Å². The van der Waals surface area contributed by atoms with Gasteiger partial charge >= 0.3 is 0 Å². The third kappa shape index (κ3) is 3.92. The number of rotatable bonds is 7. The molecule has 2 N–H and O–H groups in total. The van der Waals surface area contributed by atoms with E-state index in [2.05, 4.69) is 15.5 Å². The molecule has 0 unspecified atom stereocenters. The fourth-order valence-corrected chi connectivity index (χ4v) is 2.02. The number of hydrogen-bond acceptors (Lipinski definition) is 5. The van der Waals surface area contributed by atoms with E-state index in [-0.39, 0.29) is 5.02 Å². The minimum absolute atomic E-state index is 0.0889. The van der Waals surface area contributed by atoms with Crippen LogP contribution in [0, 0.1) is 0 Å². The number of anilines is 1. The Bertz CT molecular complexity index is 688. The summed E-state index contributed by atoms with van der Waals surface area (Å²) in [7, 11) is 1.60. The van der Waals surface area contributed by atoms with Gasteiger partial charge in [-0.15, -0.1) is 0 Å². The lowest BCUT2D eigenvalue weighted by Gasteiger charge is -2.13. The van der Waals surface area contributed by atoms with Gasteiger partial charge in [0.1, 0.15) is 5.02 Å². The van der Waals surface area contributed by atoms with Crippen LogP contribution in [0.25, 0.3) is 0 Å². The molecule has 0 amide bonds. The third-order valence-corrected chi connectivity index (χ3v) is 3.34. The number of aromatic amines is 1. The number of aromatic nitrogens is 2. The molecule has 0 atom stereocenters. The second kappa shape index (κ2) is 7.70. The molecule has 1 heterocycles. The monoisotopic (exact) mass is 323 g/mol. The maximum Gasteiger partial charge on any atom is 0.285 e. The molecular weight excluding hydrogens is 306 g/mol. The lowest BCUT2D eigenvalue weighted by Crippen LogP contribution is -2.11. The van der Waals surface area contributed by atoms with E-state index in [4.69, 9.17) is 21.1 Å². The number of H-pyrrole nitrogens is 1. The van der Waals surface area contributed by atoms with E-state index in [0.717, 1.165) is 12.0 Å². The molecular formula is C15H18ClN3O3. The molecule has 0 radical (unpaired) electrons. The van der Waals surface area contributed by atoms with Crippen molar-refractivity contribution in [2.24, 2.45) is 0 Å². The number of nitrogens with one attached hydrogen (secondary N) is 2. The Morgan fingerprint density at radius 2 is 2.18 bits per heavy atom. The molecule has 0 spiro atoms. The minimum Gasteiger partial charge on any atom is -0.493 e. The first-order chi connectivity index (χ1) is 10.7. The third-order valence-electron chi connectivity index (χ3n) is 2.97. The number of methoxy groups -OCH3 is 1. The lowest BCUT2D eigenvalue weighted by atomic mass is 10.2. The van der Waals surface area contributed by atoms with E-state index in [1.165, 1.54) is 6.20 Å². The zero-order valence-corrected chi connectivity index (χ0v) is 13.2. The van der Waals surface area contributed by atoms with Crippen LogP contribution in [0.2, 0.25) is 5.02 Å². The van der Waals surface area contributed by atoms with Gasteiger partial charge in [0.15, 0.2) is 11.5 Å². The van der Waals surface area contributed by atoms with Gasteiger partial charge in [0.2, 0.25) is 0 Å². The number of benzene rings is 1. The Labute approximate surface area is 133 Å². The Morgan fingerprint density at radius 1 is 1.36 bits per heavy atom. The van der Waals surface area contributed by atoms with Crippen LogP contribution in [0.3, 0.4) is 0 Å². The van der Waals surface area contributed by atoms with Gasteiger partial charge in [-0.2, -0.15) is 5.10 Å². The molecule has 118 valence electrons. The highest BCUT2D eigenvalue weighted by molar-refractivity contribution is 6.32. The Balaban J connectivity index is 2.12. The average Bonchev–Trinajstić information content (AvgIpc) is 2.54. The minimum atomic E-state index is -0.423. The van der Waals surface area contributed by atoms with Crippen molar-refractivity contribution in [3.8, 4) is 11.5 Å². The van der Waals surface area contributed by atoms with Crippen LogP contribution in [0.1, 0.15) is 18.9 Å². The topological polar surface area (TPSA) is 76.2 Å². The predicted octanol–water partition coefficient (Wildman–Crippen LogP) is 2.83. The zero-order chi connectivity index (χ0) is 15.9. The molecule has 7 heteroatoms. The summed E-state index contributed by atoms with van der Waals surface area (Å²) in [5, 5.41) is 9.15. The maximum absolute atomic E-state index is 11.4. The number of nitrogens with zero attached hydrogens (tertiary/aromatic N) is 1. The SMILES string of the molecule is CCCOc1cc(CNc2cn[nH]c(=O)c2Cl)ccc1OC. The van der Waals surface area contributed by atoms with E-state index in [1.54, 1.807) is 7.11 Å². The molecule has 2 rings (SSSR count). The quantitative estimate of drug-likeness (QED) is 0.819. The van der Waals surface area contributed by atoms with Crippen LogP contribution in [-0.4, -0.2) is 23.9 Å². The van der Waals surface area contributed by atoms with Gasteiger partial charge in [0.25, 0.3) is 5.56 Å². The van der Waals surface area contributed by atoms with E-state index >= 15 is 0 Å². The van der Waals surface area contributed by atoms with Crippen molar-refractivity contribution < 1.29 is 9.47 Å². The number of ether oxygens (including phenoxy) is 2. The molecule has 0 saturated carbocycles. The summed E-state index contributed by atoms with van der Waals surface area (Å²) in [6.45, 7) is 3.15. The highest BCUT2D eigenvalue weighted by atomic mass is 35.5. The first-order valence-corrected chi connectivity index (χ1v) is 7.30. The molecule has 1 aromatic heterocycles. The van der Waals surface area contributed by atoms with Crippen molar-refractivity contribution in [2.45, 2.75) is 19.9 Å². The van der Waals surface area contributed by atoms with Crippen LogP contribution >= 0.6 is 11.6 Å². The van der Waals surface area contributed by atoms with Crippen LogP contribution in [0.15, 0.2) is 29.2 Å². The van der Waals surface area contributed by atoms with E-state index in [9.17, 15) is 4.79 Å². The van der Waals surface area contributed by atoms with E-state index in [1.807, 2.05) is 25.1 Å². The van der Waals surface area contributed by atoms with E-state index in [0.29, 0.717) is 30.3 Å². The summed E-state index contributed by atoms with van der Waals surface area (Å²) in [6.07, 6.45) is 2.39. The lowest BCUT2D eigenvalue weighted by molar-refractivity contribution is 0.294. The van der Waals surface area contributed by atoms with Crippen molar-refractivity contribution in [1.82, 2.24) is 10.2 Å². The zero-order valence-electron chi connectivity index (χ0n) is 12.5. The van der Waals surface area contributed by atoms with Crippen molar-refractivity contribution >= 4 is 17.3 Å². The molecule has 0 bridgehead atoms. The molecule has 0 aliphatic carbocycles. The molecule has 6 nitrogen and oxygen atoms in total.